The molecule has 0 saturated carbocycles. The molecule has 3 N–H and O–H groups in total. The van der Waals surface area contributed by atoms with Gasteiger partial charge in [0.2, 0.25) is 0 Å². The summed E-state index contributed by atoms with van der Waals surface area (Å²) in [6.07, 6.45) is 3.56. The van der Waals surface area contributed by atoms with Crippen LogP contribution >= 0.6 is 11.6 Å². The van der Waals surface area contributed by atoms with Gasteiger partial charge in [-0.15, -0.1) is 0 Å². The predicted molar refractivity (Wildman–Crippen MR) is 99.7 cm³/mol. The number of benzene rings is 1. The zero-order chi connectivity index (χ0) is 17.4. The minimum atomic E-state index is -0.0147. The average molecular weight is 352 g/mol. The Bertz CT molecular complexity index is 639. The molecule has 1 aromatic heterocycles. The summed E-state index contributed by atoms with van der Waals surface area (Å²) in [7, 11) is 0. The molecule has 0 amide bonds. The third kappa shape index (κ3) is 5.31. The van der Waals surface area contributed by atoms with Crippen LogP contribution in [-0.2, 0) is 0 Å². The van der Waals surface area contributed by atoms with Gasteiger partial charge in [0.25, 0.3) is 0 Å². The van der Waals surface area contributed by atoms with E-state index in [2.05, 4.69) is 22.1 Å². The number of nitrogens with one attached hydrogen (secondary N) is 1. The van der Waals surface area contributed by atoms with Crippen molar-refractivity contribution in [2.24, 2.45) is 0 Å². The van der Waals surface area contributed by atoms with E-state index < -0.39 is 0 Å². The standard InChI is InChI=1S/C18H26ClN3O2/c1-2-22(10-11-23)9-3-4-15(13-24)21-17-7-8-20-18-12-14(19)5-6-16(17)18/h5-8,12,15,23-24H,2-4,9-11,13H2,1H3,(H,20,21). The first-order valence-electron chi connectivity index (χ1n) is 8.42. The van der Waals surface area contributed by atoms with E-state index in [0.29, 0.717) is 11.6 Å². The summed E-state index contributed by atoms with van der Waals surface area (Å²) in [5.41, 5.74) is 1.79. The second kappa shape index (κ2) is 9.79. The summed E-state index contributed by atoms with van der Waals surface area (Å²) in [5, 5.41) is 23.8. The third-order valence-electron chi connectivity index (χ3n) is 4.18. The first-order valence-corrected chi connectivity index (χ1v) is 8.80. The SMILES string of the molecule is CCN(CCO)CCCC(CO)Nc1ccnc2cc(Cl)ccc12. The molecule has 1 heterocycles. The van der Waals surface area contributed by atoms with Gasteiger partial charge in [-0.1, -0.05) is 18.5 Å². The van der Waals surface area contributed by atoms with E-state index in [1.165, 1.54) is 0 Å². The fraction of sp³-hybridized carbons (Fsp3) is 0.500. The number of rotatable bonds is 10. The number of anilines is 1. The quantitative estimate of drug-likeness (QED) is 0.614. The molecule has 1 unspecified atom stereocenters. The van der Waals surface area contributed by atoms with Crippen LogP contribution in [0.2, 0.25) is 5.02 Å². The molecule has 1 aromatic carbocycles. The largest absolute Gasteiger partial charge is 0.395 e. The smallest absolute Gasteiger partial charge is 0.0737 e. The highest BCUT2D eigenvalue weighted by Crippen LogP contribution is 2.25. The summed E-state index contributed by atoms with van der Waals surface area (Å²) < 4.78 is 0. The first kappa shape index (κ1) is 18.9. The highest BCUT2D eigenvalue weighted by molar-refractivity contribution is 6.31. The fourth-order valence-electron chi connectivity index (χ4n) is 2.81. The van der Waals surface area contributed by atoms with E-state index in [0.717, 1.165) is 42.5 Å². The van der Waals surface area contributed by atoms with Gasteiger partial charge in [-0.05, 0) is 50.2 Å². The molecule has 0 radical (unpaired) electrons. The summed E-state index contributed by atoms with van der Waals surface area (Å²) in [5.74, 6) is 0. The van der Waals surface area contributed by atoms with Gasteiger partial charge in [-0.2, -0.15) is 0 Å². The van der Waals surface area contributed by atoms with Gasteiger partial charge in [-0.3, -0.25) is 4.98 Å². The minimum Gasteiger partial charge on any atom is -0.395 e. The Morgan fingerprint density at radius 1 is 1.25 bits per heavy atom. The summed E-state index contributed by atoms with van der Waals surface area (Å²) >= 11 is 6.02. The lowest BCUT2D eigenvalue weighted by atomic mass is 10.1. The van der Waals surface area contributed by atoms with Crippen molar-refractivity contribution in [3.63, 3.8) is 0 Å². The van der Waals surface area contributed by atoms with Crippen molar-refractivity contribution in [2.75, 3.05) is 38.2 Å². The van der Waals surface area contributed by atoms with Crippen molar-refractivity contribution < 1.29 is 10.2 Å². The number of hydrogen-bond donors (Lipinski definition) is 3. The predicted octanol–water partition coefficient (Wildman–Crippen LogP) is 2.76. The molecule has 0 bridgehead atoms. The molecule has 2 aromatic rings. The summed E-state index contributed by atoms with van der Waals surface area (Å²) in [6.45, 7) is 4.88. The highest BCUT2D eigenvalue weighted by atomic mass is 35.5. The molecular weight excluding hydrogens is 326 g/mol. The van der Waals surface area contributed by atoms with E-state index in [9.17, 15) is 5.11 Å². The number of fused-ring (bicyclic) bond motifs is 1. The molecule has 0 aliphatic heterocycles. The van der Waals surface area contributed by atoms with Gasteiger partial charge < -0.3 is 20.4 Å². The van der Waals surface area contributed by atoms with E-state index in [1.807, 2.05) is 24.3 Å². The minimum absolute atomic E-state index is 0.0147. The average Bonchev–Trinajstić information content (AvgIpc) is 2.59. The molecule has 0 fully saturated rings. The molecule has 132 valence electrons. The molecule has 1 atom stereocenters. The maximum atomic E-state index is 9.68. The molecular formula is C18H26ClN3O2. The molecule has 24 heavy (non-hydrogen) atoms. The second-order valence-corrected chi connectivity index (χ2v) is 6.28. The van der Waals surface area contributed by atoms with Gasteiger partial charge >= 0.3 is 0 Å². The zero-order valence-electron chi connectivity index (χ0n) is 14.1. The Labute approximate surface area is 148 Å². The number of aromatic nitrogens is 1. The van der Waals surface area contributed by atoms with Gasteiger partial charge in [0.15, 0.2) is 0 Å². The van der Waals surface area contributed by atoms with Crippen LogP contribution in [0, 0.1) is 0 Å². The molecule has 5 nitrogen and oxygen atoms in total. The lowest BCUT2D eigenvalue weighted by Crippen LogP contribution is -2.30. The van der Waals surface area contributed by atoms with Gasteiger partial charge in [-0.25, -0.2) is 0 Å². The van der Waals surface area contributed by atoms with E-state index in [1.54, 1.807) is 6.20 Å². The Morgan fingerprint density at radius 3 is 2.79 bits per heavy atom. The number of likely N-dealkylation sites (N-methyl/N-ethyl adjacent to an activating group) is 1. The van der Waals surface area contributed by atoms with Crippen LogP contribution in [0.5, 0.6) is 0 Å². The third-order valence-corrected chi connectivity index (χ3v) is 4.41. The van der Waals surface area contributed by atoms with Crippen molar-refractivity contribution in [3.05, 3.63) is 35.5 Å². The summed E-state index contributed by atoms with van der Waals surface area (Å²) in [4.78, 5) is 6.54. The number of nitrogens with zero attached hydrogens (tertiary/aromatic N) is 2. The second-order valence-electron chi connectivity index (χ2n) is 5.84. The lowest BCUT2D eigenvalue weighted by molar-refractivity contribution is 0.196. The van der Waals surface area contributed by atoms with Crippen LogP contribution in [0.4, 0.5) is 5.69 Å². The topological polar surface area (TPSA) is 68.6 Å². The number of aliphatic hydroxyl groups excluding tert-OH is 2. The molecule has 0 aliphatic rings. The molecule has 2 rings (SSSR count). The van der Waals surface area contributed by atoms with Crippen molar-refractivity contribution in [3.8, 4) is 0 Å². The molecule has 6 heteroatoms. The Morgan fingerprint density at radius 2 is 2.08 bits per heavy atom. The Hall–Kier alpha value is -1.40. The maximum absolute atomic E-state index is 9.68. The molecule has 0 saturated heterocycles. The molecule has 0 aliphatic carbocycles. The van der Waals surface area contributed by atoms with Crippen LogP contribution in [0.3, 0.4) is 0 Å². The van der Waals surface area contributed by atoms with Gasteiger partial charge in [0.05, 0.1) is 18.7 Å². The van der Waals surface area contributed by atoms with Crippen LogP contribution in [0.1, 0.15) is 19.8 Å². The normalized spacial score (nSPS) is 12.7. The van der Waals surface area contributed by atoms with Crippen molar-refractivity contribution >= 4 is 28.2 Å². The first-order chi connectivity index (χ1) is 11.7. The highest BCUT2D eigenvalue weighted by Gasteiger charge is 2.11. The number of pyridine rings is 1. The van der Waals surface area contributed by atoms with Gasteiger partial charge in [0.1, 0.15) is 0 Å². The monoisotopic (exact) mass is 351 g/mol. The van der Waals surface area contributed by atoms with Crippen LogP contribution in [-0.4, -0.2) is 59.0 Å². The number of halogens is 1. The maximum Gasteiger partial charge on any atom is 0.0737 e. The van der Waals surface area contributed by atoms with Crippen molar-refractivity contribution in [1.29, 1.82) is 0 Å². The van der Waals surface area contributed by atoms with Crippen molar-refractivity contribution in [1.82, 2.24) is 9.88 Å². The van der Waals surface area contributed by atoms with Crippen LogP contribution in [0.15, 0.2) is 30.5 Å². The number of hydrogen-bond acceptors (Lipinski definition) is 5. The van der Waals surface area contributed by atoms with E-state index >= 15 is 0 Å². The fourth-order valence-corrected chi connectivity index (χ4v) is 2.97. The zero-order valence-corrected chi connectivity index (χ0v) is 14.8. The number of aliphatic hydroxyl groups is 2. The van der Waals surface area contributed by atoms with Crippen molar-refractivity contribution in [2.45, 2.75) is 25.8 Å². The Balaban J connectivity index is 1.97. The van der Waals surface area contributed by atoms with E-state index in [4.69, 9.17) is 16.7 Å². The summed E-state index contributed by atoms with van der Waals surface area (Å²) in [6, 6.07) is 7.53. The van der Waals surface area contributed by atoms with E-state index in [-0.39, 0.29) is 19.3 Å². The van der Waals surface area contributed by atoms with Gasteiger partial charge in [0, 0.05) is 34.9 Å². The molecule has 0 spiro atoms. The Kier molecular flexibility index (Phi) is 7.72. The van der Waals surface area contributed by atoms with Crippen LogP contribution < -0.4 is 5.32 Å². The van der Waals surface area contributed by atoms with Crippen LogP contribution in [0.25, 0.3) is 10.9 Å². The lowest BCUT2D eigenvalue weighted by Gasteiger charge is -2.22.